The Morgan fingerprint density at radius 3 is 2.90 bits per heavy atom. The molecule has 0 saturated carbocycles. The first-order valence-electron chi connectivity index (χ1n) is 10.6. The van der Waals surface area contributed by atoms with E-state index in [0.29, 0.717) is 37.0 Å². The highest BCUT2D eigenvalue weighted by atomic mass is 16.4. The van der Waals surface area contributed by atoms with Crippen LogP contribution in [0.4, 0.5) is 6.01 Å². The minimum Gasteiger partial charge on any atom is -0.408 e. The Balaban J connectivity index is 1.23. The highest BCUT2D eigenvalue weighted by Gasteiger charge is 2.39. The molecule has 162 valence electrons. The van der Waals surface area contributed by atoms with E-state index in [4.69, 9.17) is 4.42 Å². The number of anilines is 1. The van der Waals surface area contributed by atoms with Crippen LogP contribution in [0, 0.1) is 0 Å². The van der Waals surface area contributed by atoms with E-state index in [1.165, 1.54) is 0 Å². The lowest BCUT2D eigenvalue weighted by Gasteiger charge is -2.29. The number of rotatable bonds is 5. The first kappa shape index (κ1) is 19.7. The van der Waals surface area contributed by atoms with Crippen molar-refractivity contribution in [1.82, 2.24) is 25.7 Å². The quantitative estimate of drug-likeness (QED) is 0.604. The summed E-state index contributed by atoms with van der Waals surface area (Å²) in [4.78, 5) is 37.9. The van der Waals surface area contributed by atoms with E-state index in [9.17, 15) is 14.4 Å². The Bertz CT molecular complexity index is 1030. The van der Waals surface area contributed by atoms with Crippen LogP contribution in [0.1, 0.15) is 59.0 Å². The Hall–Kier alpha value is -3.27. The highest BCUT2D eigenvalue weighted by Crippen LogP contribution is 2.28. The average Bonchev–Trinajstić information content (AvgIpc) is 3.38. The number of hydrogen-bond acceptors (Lipinski definition) is 8. The lowest BCUT2D eigenvalue weighted by atomic mass is 10.00. The summed E-state index contributed by atoms with van der Waals surface area (Å²) >= 11 is 0. The Labute approximate surface area is 178 Å². The van der Waals surface area contributed by atoms with Gasteiger partial charge in [-0.3, -0.25) is 19.7 Å². The Kier molecular flexibility index (Phi) is 5.14. The standard InChI is InChI=1S/C21H24N6O4/c28-17-6-5-16(18(29)24-17)27-11-14-8-12(3-4-15(14)20(27)30)9-23-21-26-25-19(31-21)13-2-1-7-22-10-13/h3-4,8,13,16,22H,1-2,5-7,9-11H2,(H,23,26)(H,24,28,29). The van der Waals surface area contributed by atoms with Crippen molar-refractivity contribution in [3.8, 4) is 0 Å². The van der Waals surface area contributed by atoms with E-state index in [-0.39, 0.29) is 24.2 Å². The molecule has 1 aromatic heterocycles. The van der Waals surface area contributed by atoms with Crippen LogP contribution >= 0.6 is 0 Å². The van der Waals surface area contributed by atoms with Gasteiger partial charge in [-0.25, -0.2) is 0 Å². The molecule has 3 aliphatic rings. The van der Waals surface area contributed by atoms with Crippen molar-refractivity contribution in [1.29, 1.82) is 0 Å². The lowest BCUT2D eigenvalue weighted by Crippen LogP contribution is -2.52. The monoisotopic (exact) mass is 424 g/mol. The van der Waals surface area contributed by atoms with Crippen LogP contribution in [-0.2, 0) is 22.7 Å². The van der Waals surface area contributed by atoms with E-state index < -0.39 is 11.9 Å². The predicted octanol–water partition coefficient (Wildman–Crippen LogP) is 0.910. The number of amides is 3. The maximum Gasteiger partial charge on any atom is 0.315 e. The van der Waals surface area contributed by atoms with E-state index in [2.05, 4.69) is 26.1 Å². The summed E-state index contributed by atoms with van der Waals surface area (Å²) in [5.74, 6) is 0.0317. The van der Waals surface area contributed by atoms with Crippen molar-refractivity contribution in [3.05, 3.63) is 40.8 Å². The summed E-state index contributed by atoms with van der Waals surface area (Å²) in [5, 5.41) is 17.1. The van der Waals surface area contributed by atoms with Gasteiger partial charge in [0.25, 0.3) is 5.91 Å². The normalized spacial score (nSPS) is 23.6. The molecule has 3 amide bonds. The molecular weight excluding hydrogens is 400 g/mol. The second kappa shape index (κ2) is 8.10. The Morgan fingerprint density at radius 2 is 2.10 bits per heavy atom. The topological polar surface area (TPSA) is 129 Å². The third kappa shape index (κ3) is 3.90. The van der Waals surface area contributed by atoms with E-state index in [1.807, 2.05) is 12.1 Å². The van der Waals surface area contributed by atoms with Gasteiger partial charge in [-0.05, 0) is 43.0 Å². The zero-order valence-corrected chi connectivity index (χ0v) is 17.0. The van der Waals surface area contributed by atoms with Gasteiger partial charge in [0.15, 0.2) is 0 Å². The van der Waals surface area contributed by atoms with E-state index in [0.717, 1.165) is 37.1 Å². The van der Waals surface area contributed by atoms with Gasteiger partial charge in [0.2, 0.25) is 17.7 Å². The Morgan fingerprint density at radius 1 is 1.19 bits per heavy atom. The van der Waals surface area contributed by atoms with Crippen LogP contribution in [-0.4, -0.2) is 52.0 Å². The van der Waals surface area contributed by atoms with Gasteiger partial charge >= 0.3 is 6.01 Å². The lowest BCUT2D eigenvalue weighted by molar-refractivity contribution is -0.136. The van der Waals surface area contributed by atoms with Crippen LogP contribution < -0.4 is 16.0 Å². The molecule has 2 fully saturated rings. The van der Waals surface area contributed by atoms with Crippen LogP contribution in [0.2, 0.25) is 0 Å². The number of nitrogens with zero attached hydrogens (tertiary/aromatic N) is 3. The molecule has 10 nitrogen and oxygen atoms in total. The molecule has 0 bridgehead atoms. The fourth-order valence-electron chi connectivity index (χ4n) is 4.45. The van der Waals surface area contributed by atoms with Crippen LogP contribution in [0.3, 0.4) is 0 Å². The molecule has 31 heavy (non-hydrogen) atoms. The van der Waals surface area contributed by atoms with Gasteiger partial charge in [-0.2, -0.15) is 0 Å². The molecule has 2 aromatic rings. The van der Waals surface area contributed by atoms with Gasteiger partial charge < -0.3 is 20.0 Å². The van der Waals surface area contributed by atoms with E-state index in [1.54, 1.807) is 11.0 Å². The summed E-state index contributed by atoms with van der Waals surface area (Å²) in [7, 11) is 0. The first-order valence-corrected chi connectivity index (χ1v) is 10.6. The van der Waals surface area contributed by atoms with Crippen molar-refractivity contribution in [2.75, 3.05) is 18.4 Å². The molecule has 10 heteroatoms. The van der Waals surface area contributed by atoms with Crippen LogP contribution in [0.5, 0.6) is 0 Å². The first-order chi connectivity index (χ1) is 15.1. The fourth-order valence-corrected chi connectivity index (χ4v) is 4.45. The van der Waals surface area contributed by atoms with Gasteiger partial charge in [0, 0.05) is 37.5 Å². The number of benzene rings is 1. The molecule has 0 aliphatic carbocycles. The van der Waals surface area contributed by atoms with Crippen molar-refractivity contribution in [2.24, 2.45) is 0 Å². The van der Waals surface area contributed by atoms with Crippen molar-refractivity contribution >= 4 is 23.7 Å². The zero-order chi connectivity index (χ0) is 21.4. The molecular formula is C21H24N6O4. The van der Waals surface area contributed by atoms with Gasteiger partial charge in [0.1, 0.15) is 6.04 Å². The largest absolute Gasteiger partial charge is 0.408 e. The summed E-state index contributed by atoms with van der Waals surface area (Å²) in [6, 6.07) is 5.38. The predicted molar refractivity (Wildman–Crippen MR) is 109 cm³/mol. The van der Waals surface area contributed by atoms with Gasteiger partial charge in [-0.1, -0.05) is 17.2 Å². The van der Waals surface area contributed by atoms with Crippen molar-refractivity contribution < 1.29 is 18.8 Å². The summed E-state index contributed by atoms with van der Waals surface area (Å²) in [6.07, 6.45) is 2.74. The summed E-state index contributed by atoms with van der Waals surface area (Å²) < 4.78 is 5.76. The number of carbonyl (C=O) groups is 3. The number of carbonyl (C=O) groups excluding carboxylic acids is 3. The molecule has 3 N–H and O–H groups in total. The van der Waals surface area contributed by atoms with Crippen LogP contribution in [0.25, 0.3) is 0 Å². The second-order valence-electron chi connectivity index (χ2n) is 8.23. The number of hydrogen-bond donors (Lipinski definition) is 3. The number of aromatic nitrogens is 2. The van der Waals surface area contributed by atoms with Crippen molar-refractivity contribution in [2.45, 2.75) is 50.7 Å². The second-order valence-corrected chi connectivity index (χ2v) is 8.23. The molecule has 3 aliphatic heterocycles. The molecule has 5 rings (SSSR count). The molecule has 2 saturated heterocycles. The molecule has 2 unspecified atom stereocenters. The summed E-state index contributed by atoms with van der Waals surface area (Å²) in [6.45, 7) is 2.71. The number of fused-ring (bicyclic) bond motifs is 1. The third-order valence-corrected chi connectivity index (χ3v) is 6.12. The molecule has 2 atom stereocenters. The van der Waals surface area contributed by atoms with E-state index >= 15 is 0 Å². The maximum atomic E-state index is 12.8. The zero-order valence-electron chi connectivity index (χ0n) is 17.0. The molecule has 0 radical (unpaired) electrons. The smallest absolute Gasteiger partial charge is 0.315 e. The summed E-state index contributed by atoms with van der Waals surface area (Å²) in [5.41, 5.74) is 2.43. The minimum atomic E-state index is -0.606. The number of nitrogens with one attached hydrogen (secondary N) is 3. The van der Waals surface area contributed by atoms with Gasteiger partial charge in [0.05, 0.1) is 0 Å². The van der Waals surface area contributed by atoms with Gasteiger partial charge in [-0.15, -0.1) is 5.10 Å². The maximum absolute atomic E-state index is 12.8. The van der Waals surface area contributed by atoms with Crippen LogP contribution in [0.15, 0.2) is 22.6 Å². The highest BCUT2D eigenvalue weighted by molar-refractivity contribution is 6.05. The number of piperidine rings is 2. The van der Waals surface area contributed by atoms with Crippen molar-refractivity contribution in [3.63, 3.8) is 0 Å². The number of imide groups is 1. The molecule has 1 aromatic carbocycles. The SMILES string of the molecule is O=C1CCC(N2Cc3cc(CNc4nnc(C5CCCNC5)o4)ccc3C2=O)C(=O)N1. The molecule has 4 heterocycles. The minimum absolute atomic E-state index is 0.174. The molecule has 0 spiro atoms. The third-order valence-electron chi connectivity index (χ3n) is 6.12. The fraction of sp³-hybridized carbons (Fsp3) is 0.476. The average molecular weight is 424 g/mol.